The van der Waals surface area contributed by atoms with Crippen molar-refractivity contribution < 1.29 is 0 Å². The molecule has 0 saturated carbocycles. The summed E-state index contributed by atoms with van der Waals surface area (Å²) in [5, 5.41) is 10.6. The monoisotopic (exact) mass is 230 g/mol. The van der Waals surface area contributed by atoms with Gasteiger partial charge in [-0.25, -0.2) is 0 Å². The predicted molar refractivity (Wildman–Crippen MR) is 68.4 cm³/mol. The average Bonchev–Trinajstić information content (AvgIpc) is 2.78. The SMILES string of the molecule is CC(C)CNCc1cn[nH]c1-c1cccnc1. The summed E-state index contributed by atoms with van der Waals surface area (Å²) < 4.78 is 0. The molecule has 4 nitrogen and oxygen atoms in total. The first-order valence-corrected chi connectivity index (χ1v) is 5.90. The maximum atomic E-state index is 4.12. The molecule has 0 amide bonds. The van der Waals surface area contributed by atoms with Crippen molar-refractivity contribution in [3.8, 4) is 11.3 Å². The normalized spacial score (nSPS) is 11.0. The number of rotatable bonds is 5. The Hall–Kier alpha value is -1.68. The van der Waals surface area contributed by atoms with Crippen LogP contribution in [0.25, 0.3) is 11.3 Å². The van der Waals surface area contributed by atoms with Crippen LogP contribution in [-0.4, -0.2) is 21.7 Å². The Kier molecular flexibility index (Phi) is 3.88. The molecule has 0 saturated heterocycles. The third-order valence-corrected chi connectivity index (χ3v) is 2.54. The molecule has 0 atom stereocenters. The van der Waals surface area contributed by atoms with Crippen molar-refractivity contribution in [1.29, 1.82) is 0 Å². The zero-order valence-corrected chi connectivity index (χ0v) is 10.3. The first kappa shape index (κ1) is 11.8. The lowest BCUT2D eigenvalue weighted by molar-refractivity contribution is 0.553. The van der Waals surface area contributed by atoms with Crippen molar-refractivity contribution in [2.24, 2.45) is 5.92 Å². The Labute approximate surface area is 101 Å². The van der Waals surface area contributed by atoms with Crippen molar-refractivity contribution in [2.75, 3.05) is 6.54 Å². The number of nitrogens with zero attached hydrogens (tertiary/aromatic N) is 2. The van der Waals surface area contributed by atoms with Crippen LogP contribution in [-0.2, 0) is 6.54 Å². The quantitative estimate of drug-likeness (QED) is 0.828. The fourth-order valence-corrected chi connectivity index (χ4v) is 1.70. The highest BCUT2D eigenvalue weighted by molar-refractivity contribution is 5.61. The third kappa shape index (κ3) is 3.14. The molecule has 2 aromatic heterocycles. The fourth-order valence-electron chi connectivity index (χ4n) is 1.70. The van der Waals surface area contributed by atoms with Crippen molar-refractivity contribution in [3.63, 3.8) is 0 Å². The van der Waals surface area contributed by atoms with Gasteiger partial charge in [-0.3, -0.25) is 10.1 Å². The molecule has 2 heterocycles. The summed E-state index contributed by atoms with van der Waals surface area (Å²) >= 11 is 0. The number of aromatic amines is 1. The summed E-state index contributed by atoms with van der Waals surface area (Å²) in [7, 11) is 0. The van der Waals surface area contributed by atoms with Crippen LogP contribution in [0.3, 0.4) is 0 Å². The molecule has 0 aliphatic heterocycles. The molecular weight excluding hydrogens is 212 g/mol. The van der Waals surface area contributed by atoms with E-state index in [2.05, 4.69) is 34.3 Å². The van der Waals surface area contributed by atoms with Crippen LogP contribution in [0, 0.1) is 5.92 Å². The van der Waals surface area contributed by atoms with Gasteiger partial charge in [-0.1, -0.05) is 13.8 Å². The standard InChI is InChI=1S/C13H18N4/c1-10(2)6-15-8-12-9-16-17-13(12)11-4-3-5-14-7-11/h3-5,7,9-10,15H,6,8H2,1-2H3,(H,16,17). The van der Waals surface area contributed by atoms with Gasteiger partial charge in [0.15, 0.2) is 0 Å². The van der Waals surface area contributed by atoms with E-state index in [1.807, 2.05) is 24.5 Å². The lowest BCUT2D eigenvalue weighted by Crippen LogP contribution is -2.19. The van der Waals surface area contributed by atoms with Crippen LogP contribution in [0.5, 0.6) is 0 Å². The predicted octanol–water partition coefficient (Wildman–Crippen LogP) is 2.22. The zero-order chi connectivity index (χ0) is 12.1. The minimum absolute atomic E-state index is 0.656. The zero-order valence-electron chi connectivity index (χ0n) is 10.3. The second kappa shape index (κ2) is 5.59. The molecule has 0 spiro atoms. The van der Waals surface area contributed by atoms with E-state index in [1.54, 1.807) is 6.20 Å². The van der Waals surface area contributed by atoms with Gasteiger partial charge in [0, 0.05) is 30.1 Å². The molecular formula is C13H18N4. The highest BCUT2D eigenvalue weighted by atomic mass is 15.1. The summed E-state index contributed by atoms with van der Waals surface area (Å²) in [6, 6.07) is 3.97. The van der Waals surface area contributed by atoms with Crippen LogP contribution in [0.2, 0.25) is 0 Å². The Morgan fingerprint density at radius 1 is 1.35 bits per heavy atom. The molecule has 2 rings (SSSR count). The van der Waals surface area contributed by atoms with E-state index >= 15 is 0 Å². The van der Waals surface area contributed by atoms with Crippen LogP contribution >= 0.6 is 0 Å². The van der Waals surface area contributed by atoms with E-state index in [0.717, 1.165) is 24.3 Å². The van der Waals surface area contributed by atoms with Gasteiger partial charge in [-0.2, -0.15) is 5.10 Å². The van der Waals surface area contributed by atoms with Gasteiger partial charge in [0.25, 0.3) is 0 Å². The number of hydrogen-bond donors (Lipinski definition) is 2. The van der Waals surface area contributed by atoms with Crippen LogP contribution < -0.4 is 5.32 Å². The van der Waals surface area contributed by atoms with Gasteiger partial charge < -0.3 is 5.32 Å². The molecule has 2 N–H and O–H groups in total. The van der Waals surface area contributed by atoms with Crippen molar-refractivity contribution >= 4 is 0 Å². The lowest BCUT2D eigenvalue weighted by Gasteiger charge is -2.07. The number of nitrogens with one attached hydrogen (secondary N) is 2. The topological polar surface area (TPSA) is 53.6 Å². The highest BCUT2D eigenvalue weighted by Crippen LogP contribution is 2.19. The Balaban J connectivity index is 2.07. The Morgan fingerprint density at radius 2 is 2.24 bits per heavy atom. The van der Waals surface area contributed by atoms with Crippen molar-refractivity contribution in [1.82, 2.24) is 20.5 Å². The van der Waals surface area contributed by atoms with Crippen molar-refractivity contribution in [3.05, 3.63) is 36.3 Å². The van der Waals surface area contributed by atoms with E-state index in [4.69, 9.17) is 0 Å². The number of H-pyrrole nitrogens is 1. The molecule has 0 aromatic carbocycles. The first-order chi connectivity index (χ1) is 8.27. The van der Waals surface area contributed by atoms with E-state index in [1.165, 1.54) is 5.56 Å². The number of pyridine rings is 1. The molecule has 0 unspecified atom stereocenters. The lowest BCUT2D eigenvalue weighted by atomic mass is 10.1. The van der Waals surface area contributed by atoms with E-state index in [0.29, 0.717) is 5.92 Å². The van der Waals surface area contributed by atoms with E-state index < -0.39 is 0 Å². The van der Waals surface area contributed by atoms with Gasteiger partial charge >= 0.3 is 0 Å². The summed E-state index contributed by atoms with van der Waals surface area (Å²) in [5.74, 6) is 0.656. The van der Waals surface area contributed by atoms with Crippen LogP contribution in [0.1, 0.15) is 19.4 Å². The molecule has 0 aliphatic carbocycles. The van der Waals surface area contributed by atoms with Gasteiger partial charge in [-0.15, -0.1) is 0 Å². The maximum Gasteiger partial charge on any atom is 0.0710 e. The highest BCUT2D eigenvalue weighted by Gasteiger charge is 2.07. The molecule has 0 fully saturated rings. The summed E-state index contributed by atoms with van der Waals surface area (Å²) in [5.41, 5.74) is 3.30. The number of aromatic nitrogens is 3. The second-order valence-corrected chi connectivity index (χ2v) is 4.54. The van der Waals surface area contributed by atoms with Gasteiger partial charge in [0.1, 0.15) is 0 Å². The van der Waals surface area contributed by atoms with E-state index in [9.17, 15) is 0 Å². The summed E-state index contributed by atoms with van der Waals surface area (Å²) in [6.45, 7) is 6.24. The fraction of sp³-hybridized carbons (Fsp3) is 0.385. The largest absolute Gasteiger partial charge is 0.312 e. The van der Waals surface area contributed by atoms with Crippen LogP contribution in [0.4, 0.5) is 0 Å². The minimum atomic E-state index is 0.656. The van der Waals surface area contributed by atoms with Gasteiger partial charge in [0.2, 0.25) is 0 Å². The average molecular weight is 230 g/mol. The molecule has 90 valence electrons. The summed E-state index contributed by atoms with van der Waals surface area (Å²) in [6.07, 6.45) is 5.49. The Morgan fingerprint density at radius 3 is 2.94 bits per heavy atom. The molecule has 4 heteroatoms. The van der Waals surface area contributed by atoms with Gasteiger partial charge in [0.05, 0.1) is 11.9 Å². The molecule has 2 aromatic rings. The molecule has 0 bridgehead atoms. The minimum Gasteiger partial charge on any atom is -0.312 e. The number of hydrogen-bond acceptors (Lipinski definition) is 3. The first-order valence-electron chi connectivity index (χ1n) is 5.90. The maximum absolute atomic E-state index is 4.12. The van der Waals surface area contributed by atoms with Crippen molar-refractivity contribution in [2.45, 2.75) is 20.4 Å². The molecule has 0 aliphatic rings. The third-order valence-electron chi connectivity index (χ3n) is 2.54. The van der Waals surface area contributed by atoms with Gasteiger partial charge in [-0.05, 0) is 24.6 Å². The molecule has 0 radical (unpaired) electrons. The molecule has 17 heavy (non-hydrogen) atoms. The smallest absolute Gasteiger partial charge is 0.0710 e. The Bertz CT molecular complexity index is 447. The van der Waals surface area contributed by atoms with Crippen LogP contribution in [0.15, 0.2) is 30.7 Å². The second-order valence-electron chi connectivity index (χ2n) is 4.54. The summed E-state index contributed by atoms with van der Waals surface area (Å²) in [4.78, 5) is 4.12. The van der Waals surface area contributed by atoms with E-state index in [-0.39, 0.29) is 0 Å².